The fraction of sp³-hybridized carbons (Fsp3) is 0.571. The van der Waals surface area contributed by atoms with Gasteiger partial charge in [0.05, 0.1) is 18.2 Å². The summed E-state index contributed by atoms with van der Waals surface area (Å²) < 4.78 is 11.4. The van der Waals surface area contributed by atoms with Crippen LogP contribution in [0.5, 0.6) is 11.5 Å². The summed E-state index contributed by atoms with van der Waals surface area (Å²) in [6.07, 6.45) is 2.14. The number of hydrogen-bond donors (Lipinski definition) is 1. The molecule has 0 bridgehead atoms. The summed E-state index contributed by atoms with van der Waals surface area (Å²) in [6, 6.07) is 4.14. The van der Waals surface area contributed by atoms with Crippen LogP contribution in [0.3, 0.4) is 0 Å². The van der Waals surface area contributed by atoms with Crippen molar-refractivity contribution in [2.75, 3.05) is 26.8 Å². The van der Waals surface area contributed by atoms with E-state index in [9.17, 15) is 0 Å². The molecule has 1 aromatic carbocycles. The standard InChI is InChI=1S/C14H18ClNO2/c1-16-8-10-5-11(10)9-6-12(15)14-13(7-9)17-3-2-4-18-14/h6-7,10-11,16H,2-5,8H2,1H3. The summed E-state index contributed by atoms with van der Waals surface area (Å²) in [7, 11) is 2.00. The molecule has 1 fully saturated rings. The normalized spacial score (nSPS) is 25.7. The predicted octanol–water partition coefficient (Wildman–Crippen LogP) is 2.82. The first kappa shape index (κ1) is 12.1. The van der Waals surface area contributed by atoms with Gasteiger partial charge in [0.2, 0.25) is 0 Å². The van der Waals surface area contributed by atoms with E-state index in [1.807, 2.05) is 13.1 Å². The zero-order chi connectivity index (χ0) is 12.5. The van der Waals surface area contributed by atoms with Gasteiger partial charge in [-0.3, -0.25) is 0 Å². The van der Waals surface area contributed by atoms with Crippen molar-refractivity contribution in [2.45, 2.75) is 18.8 Å². The first-order valence-corrected chi connectivity index (χ1v) is 6.91. The van der Waals surface area contributed by atoms with Crippen LogP contribution < -0.4 is 14.8 Å². The second-order valence-electron chi connectivity index (χ2n) is 5.04. The number of rotatable bonds is 3. The summed E-state index contributed by atoms with van der Waals surface area (Å²) in [6.45, 7) is 2.45. The van der Waals surface area contributed by atoms with Crippen LogP contribution in [0.4, 0.5) is 0 Å². The van der Waals surface area contributed by atoms with Crippen molar-refractivity contribution >= 4 is 11.6 Å². The van der Waals surface area contributed by atoms with Gasteiger partial charge in [-0.1, -0.05) is 11.6 Å². The molecule has 3 rings (SSSR count). The molecule has 98 valence electrons. The zero-order valence-corrected chi connectivity index (χ0v) is 11.3. The van der Waals surface area contributed by atoms with E-state index in [0.717, 1.165) is 24.6 Å². The van der Waals surface area contributed by atoms with Gasteiger partial charge in [0, 0.05) is 6.42 Å². The molecule has 2 aliphatic rings. The van der Waals surface area contributed by atoms with Crippen LogP contribution in [0.15, 0.2) is 12.1 Å². The summed E-state index contributed by atoms with van der Waals surface area (Å²) in [4.78, 5) is 0. The number of benzene rings is 1. The molecule has 2 atom stereocenters. The minimum atomic E-state index is 0.618. The monoisotopic (exact) mass is 267 g/mol. The average molecular weight is 268 g/mol. The number of hydrogen-bond acceptors (Lipinski definition) is 3. The van der Waals surface area contributed by atoms with Gasteiger partial charge in [0.25, 0.3) is 0 Å². The zero-order valence-electron chi connectivity index (χ0n) is 10.5. The summed E-state index contributed by atoms with van der Waals surface area (Å²) in [5.74, 6) is 2.87. The highest BCUT2D eigenvalue weighted by Crippen LogP contribution is 2.50. The maximum Gasteiger partial charge on any atom is 0.179 e. The van der Waals surface area contributed by atoms with E-state index >= 15 is 0 Å². The molecule has 0 radical (unpaired) electrons. The maximum atomic E-state index is 6.30. The van der Waals surface area contributed by atoms with Gasteiger partial charge in [0.15, 0.2) is 11.5 Å². The molecular weight excluding hydrogens is 250 g/mol. The van der Waals surface area contributed by atoms with Crippen LogP contribution in [0.1, 0.15) is 24.3 Å². The van der Waals surface area contributed by atoms with Gasteiger partial charge in [0.1, 0.15) is 0 Å². The molecule has 1 saturated carbocycles. The Morgan fingerprint density at radius 3 is 3.00 bits per heavy atom. The van der Waals surface area contributed by atoms with Crippen LogP contribution in [0, 0.1) is 5.92 Å². The lowest BCUT2D eigenvalue weighted by atomic mass is 10.1. The molecule has 1 N–H and O–H groups in total. The first-order chi connectivity index (χ1) is 8.79. The van der Waals surface area contributed by atoms with E-state index in [2.05, 4.69) is 11.4 Å². The molecule has 4 heteroatoms. The lowest BCUT2D eigenvalue weighted by molar-refractivity contribution is 0.297. The predicted molar refractivity (Wildman–Crippen MR) is 71.8 cm³/mol. The third kappa shape index (κ3) is 2.29. The van der Waals surface area contributed by atoms with Crippen molar-refractivity contribution in [3.8, 4) is 11.5 Å². The number of fused-ring (bicyclic) bond motifs is 1. The Bertz CT molecular complexity index is 450. The highest BCUT2D eigenvalue weighted by molar-refractivity contribution is 6.32. The largest absolute Gasteiger partial charge is 0.489 e. The molecule has 1 aliphatic carbocycles. The Labute approximate surface area is 112 Å². The highest BCUT2D eigenvalue weighted by Gasteiger charge is 2.38. The van der Waals surface area contributed by atoms with Crippen LogP contribution in [0.2, 0.25) is 5.02 Å². The van der Waals surface area contributed by atoms with E-state index in [-0.39, 0.29) is 0 Å². The smallest absolute Gasteiger partial charge is 0.179 e. The molecule has 1 heterocycles. The Morgan fingerprint density at radius 2 is 2.17 bits per heavy atom. The second-order valence-corrected chi connectivity index (χ2v) is 5.45. The minimum Gasteiger partial charge on any atom is -0.489 e. The molecule has 0 aromatic heterocycles. The van der Waals surface area contributed by atoms with Gasteiger partial charge in [-0.15, -0.1) is 0 Å². The molecule has 3 nitrogen and oxygen atoms in total. The number of ether oxygens (including phenoxy) is 2. The van der Waals surface area contributed by atoms with E-state index in [1.54, 1.807) is 0 Å². The third-order valence-electron chi connectivity index (χ3n) is 3.64. The van der Waals surface area contributed by atoms with Crippen LogP contribution in [0.25, 0.3) is 0 Å². The van der Waals surface area contributed by atoms with Crippen molar-refractivity contribution in [2.24, 2.45) is 5.92 Å². The fourth-order valence-electron chi connectivity index (χ4n) is 2.61. The van der Waals surface area contributed by atoms with E-state index in [4.69, 9.17) is 21.1 Å². The molecule has 1 aromatic rings. The quantitative estimate of drug-likeness (QED) is 0.914. The Hall–Kier alpha value is -0.930. The summed E-state index contributed by atoms with van der Waals surface area (Å²) in [5, 5.41) is 3.91. The van der Waals surface area contributed by atoms with Gasteiger partial charge in [-0.05, 0) is 49.5 Å². The Morgan fingerprint density at radius 1 is 1.33 bits per heavy atom. The van der Waals surface area contributed by atoms with Crippen molar-refractivity contribution in [1.82, 2.24) is 5.32 Å². The van der Waals surface area contributed by atoms with Gasteiger partial charge >= 0.3 is 0 Å². The lowest BCUT2D eigenvalue weighted by Crippen LogP contribution is -2.10. The lowest BCUT2D eigenvalue weighted by Gasteiger charge is -2.11. The molecule has 0 saturated heterocycles. The summed E-state index contributed by atoms with van der Waals surface area (Å²) in [5.41, 5.74) is 1.28. The van der Waals surface area contributed by atoms with Crippen LogP contribution in [-0.4, -0.2) is 26.8 Å². The van der Waals surface area contributed by atoms with Crippen LogP contribution >= 0.6 is 11.6 Å². The average Bonchev–Trinajstić information content (AvgIpc) is 3.12. The maximum absolute atomic E-state index is 6.30. The van der Waals surface area contributed by atoms with Crippen molar-refractivity contribution in [3.05, 3.63) is 22.7 Å². The second kappa shape index (κ2) is 4.98. The topological polar surface area (TPSA) is 30.5 Å². The van der Waals surface area contributed by atoms with E-state index in [0.29, 0.717) is 29.9 Å². The summed E-state index contributed by atoms with van der Waals surface area (Å²) >= 11 is 6.30. The highest BCUT2D eigenvalue weighted by atomic mass is 35.5. The molecule has 18 heavy (non-hydrogen) atoms. The van der Waals surface area contributed by atoms with Crippen molar-refractivity contribution in [1.29, 1.82) is 0 Å². The molecular formula is C14H18ClNO2. The molecule has 1 aliphatic heterocycles. The molecule has 0 amide bonds. The minimum absolute atomic E-state index is 0.618. The van der Waals surface area contributed by atoms with Gasteiger partial charge in [-0.25, -0.2) is 0 Å². The molecule has 2 unspecified atom stereocenters. The fourth-order valence-corrected chi connectivity index (χ4v) is 2.88. The third-order valence-corrected chi connectivity index (χ3v) is 3.92. The Balaban J connectivity index is 1.85. The van der Waals surface area contributed by atoms with E-state index in [1.165, 1.54) is 12.0 Å². The SMILES string of the molecule is CNCC1CC1c1cc(Cl)c2c(c1)OCCCO2. The number of nitrogens with one attached hydrogen (secondary N) is 1. The van der Waals surface area contributed by atoms with Crippen molar-refractivity contribution in [3.63, 3.8) is 0 Å². The van der Waals surface area contributed by atoms with E-state index < -0.39 is 0 Å². The van der Waals surface area contributed by atoms with Gasteiger partial charge < -0.3 is 14.8 Å². The van der Waals surface area contributed by atoms with Crippen LogP contribution in [-0.2, 0) is 0 Å². The molecule has 0 spiro atoms. The Kier molecular flexibility index (Phi) is 3.35. The van der Waals surface area contributed by atoms with Crippen molar-refractivity contribution < 1.29 is 9.47 Å². The number of halogens is 1. The van der Waals surface area contributed by atoms with Gasteiger partial charge in [-0.2, -0.15) is 0 Å². The first-order valence-electron chi connectivity index (χ1n) is 6.53.